The molecular weight excluding hydrogens is 298 g/mol. The summed E-state index contributed by atoms with van der Waals surface area (Å²) in [5.74, 6) is 0.0968. The van der Waals surface area contributed by atoms with Crippen molar-refractivity contribution in [3.63, 3.8) is 0 Å². The van der Waals surface area contributed by atoms with Crippen LogP contribution in [0.15, 0.2) is 42.5 Å². The van der Waals surface area contributed by atoms with Crippen LogP contribution in [-0.2, 0) is 19.4 Å². The molecule has 1 aliphatic carbocycles. The average molecular weight is 321 g/mol. The molecule has 1 N–H and O–H groups in total. The maximum Gasteiger partial charge on any atom is 0.163 e. The van der Waals surface area contributed by atoms with E-state index in [1.165, 1.54) is 17.5 Å². The van der Waals surface area contributed by atoms with Crippen molar-refractivity contribution in [2.24, 2.45) is 0 Å². The van der Waals surface area contributed by atoms with Crippen LogP contribution < -0.4 is 5.32 Å². The van der Waals surface area contributed by atoms with Gasteiger partial charge < -0.3 is 5.32 Å². The van der Waals surface area contributed by atoms with E-state index in [9.17, 15) is 9.59 Å². The zero-order valence-electron chi connectivity index (χ0n) is 14.1. The van der Waals surface area contributed by atoms with Crippen LogP contribution >= 0.6 is 0 Å². The van der Waals surface area contributed by atoms with Crippen LogP contribution in [-0.4, -0.2) is 18.6 Å². The van der Waals surface area contributed by atoms with Crippen LogP contribution in [0.4, 0.5) is 0 Å². The normalized spacial score (nSPS) is 12.9. The van der Waals surface area contributed by atoms with E-state index in [0.29, 0.717) is 12.1 Å². The van der Waals surface area contributed by atoms with Gasteiger partial charge in [-0.25, -0.2) is 0 Å². The predicted octanol–water partition coefficient (Wildman–Crippen LogP) is 3.74. The highest BCUT2D eigenvalue weighted by Crippen LogP contribution is 2.23. The maximum atomic E-state index is 12.5. The lowest BCUT2D eigenvalue weighted by Crippen LogP contribution is -2.12. The van der Waals surface area contributed by atoms with Gasteiger partial charge in [0.1, 0.15) is 0 Å². The molecule has 0 spiro atoms. The molecule has 0 saturated carbocycles. The van der Waals surface area contributed by atoms with Crippen molar-refractivity contribution in [3.05, 3.63) is 70.3 Å². The molecule has 0 saturated heterocycles. The number of Topliss-reactive ketones (excluding diaryl/α,β-unsaturated/α-hetero) is 2. The molecule has 0 atom stereocenters. The Morgan fingerprint density at radius 1 is 0.958 bits per heavy atom. The van der Waals surface area contributed by atoms with E-state index in [0.717, 1.165) is 24.0 Å². The number of nitrogens with one attached hydrogen (secondary N) is 1. The van der Waals surface area contributed by atoms with Crippen LogP contribution in [0.1, 0.15) is 56.7 Å². The molecule has 2 aromatic carbocycles. The van der Waals surface area contributed by atoms with Gasteiger partial charge in [-0.1, -0.05) is 36.4 Å². The summed E-state index contributed by atoms with van der Waals surface area (Å²) in [6.45, 7) is 0.653. The first-order chi connectivity index (χ1) is 11.7. The topological polar surface area (TPSA) is 46.2 Å². The molecule has 0 radical (unpaired) electrons. The van der Waals surface area contributed by atoms with Crippen molar-refractivity contribution in [1.82, 2.24) is 5.32 Å². The fraction of sp³-hybridized carbons (Fsp3) is 0.333. The van der Waals surface area contributed by atoms with Crippen LogP contribution in [0.3, 0.4) is 0 Å². The zero-order valence-corrected chi connectivity index (χ0v) is 14.1. The minimum atomic E-state index is 0.0374. The first kappa shape index (κ1) is 16.6. The van der Waals surface area contributed by atoms with Gasteiger partial charge in [0.05, 0.1) is 0 Å². The van der Waals surface area contributed by atoms with Gasteiger partial charge in [-0.3, -0.25) is 9.59 Å². The van der Waals surface area contributed by atoms with E-state index >= 15 is 0 Å². The third-order valence-electron chi connectivity index (χ3n) is 4.68. The van der Waals surface area contributed by atoms with E-state index in [4.69, 9.17) is 0 Å². The van der Waals surface area contributed by atoms with Crippen LogP contribution in [0, 0.1) is 0 Å². The summed E-state index contributed by atoms with van der Waals surface area (Å²) in [5, 5.41) is 3.07. The summed E-state index contributed by atoms with van der Waals surface area (Å²) >= 11 is 0. The van der Waals surface area contributed by atoms with Crippen LogP contribution in [0.2, 0.25) is 0 Å². The van der Waals surface area contributed by atoms with Gasteiger partial charge in [0.2, 0.25) is 0 Å². The fourth-order valence-corrected chi connectivity index (χ4v) is 3.39. The minimum absolute atomic E-state index is 0.0374. The van der Waals surface area contributed by atoms with Crippen LogP contribution in [0.5, 0.6) is 0 Å². The number of benzene rings is 2. The Labute approximate surface area is 143 Å². The van der Waals surface area contributed by atoms with Gasteiger partial charge in [0, 0.05) is 30.5 Å². The average Bonchev–Trinajstić information content (AvgIpc) is 3.08. The smallest absolute Gasteiger partial charge is 0.163 e. The predicted molar refractivity (Wildman–Crippen MR) is 95.6 cm³/mol. The molecule has 0 fully saturated rings. The van der Waals surface area contributed by atoms with Crippen molar-refractivity contribution in [1.29, 1.82) is 0 Å². The van der Waals surface area contributed by atoms with E-state index in [1.807, 2.05) is 43.4 Å². The van der Waals surface area contributed by atoms with Gasteiger partial charge in [-0.2, -0.15) is 0 Å². The molecule has 0 aromatic heterocycles. The first-order valence-electron chi connectivity index (χ1n) is 8.59. The second-order valence-corrected chi connectivity index (χ2v) is 6.37. The number of carbonyl (C=O) groups is 2. The molecule has 124 valence electrons. The first-order valence-corrected chi connectivity index (χ1v) is 8.59. The summed E-state index contributed by atoms with van der Waals surface area (Å²) < 4.78 is 0. The number of hydrogen-bond donors (Lipinski definition) is 1. The number of aryl methyl sites for hydroxylation is 2. The van der Waals surface area contributed by atoms with Gasteiger partial charge in [0.15, 0.2) is 11.6 Å². The second kappa shape index (κ2) is 7.54. The van der Waals surface area contributed by atoms with Gasteiger partial charge >= 0.3 is 0 Å². The molecule has 3 nitrogen and oxygen atoms in total. The molecule has 3 rings (SSSR count). The van der Waals surface area contributed by atoms with E-state index in [1.54, 1.807) is 0 Å². The Kier molecular flexibility index (Phi) is 5.21. The number of carbonyl (C=O) groups excluding carboxylic acids is 2. The Balaban J connectivity index is 1.65. The summed E-state index contributed by atoms with van der Waals surface area (Å²) in [4.78, 5) is 24.9. The highest BCUT2D eigenvalue weighted by molar-refractivity contribution is 6.02. The van der Waals surface area contributed by atoms with Crippen molar-refractivity contribution in [3.8, 4) is 0 Å². The molecule has 0 amide bonds. The van der Waals surface area contributed by atoms with Crippen LogP contribution in [0.25, 0.3) is 0 Å². The molecule has 0 unspecified atom stereocenters. The second-order valence-electron chi connectivity index (χ2n) is 6.37. The molecule has 0 bridgehead atoms. The third kappa shape index (κ3) is 3.62. The fourth-order valence-electron chi connectivity index (χ4n) is 3.39. The Morgan fingerprint density at radius 3 is 2.54 bits per heavy atom. The number of fused-ring (bicyclic) bond motifs is 1. The molecular formula is C21H23NO2. The monoisotopic (exact) mass is 321 g/mol. The van der Waals surface area contributed by atoms with Gasteiger partial charge in [-0.05, 0) is 49.1 Å². The van der Waals surface area contributed by atoms with E-state index in [-0.39, 0.29) is 24.4 Å². The Morgan fingerprint density at radius 2 is 1.71 bits per heavy atom. The van der Waals surface area contributed by atoms with Crippen molar-refractivity contribution >= 4 is 11.6 Å². The van der Waals surface area contributed by atoms with Crippen molar-refractivity contribution < 1.29 is 9.59 Å². The quantitative estimate of drug-likeness (QED) is 0.790. The highest BCUT2D eigenvalue weighted by atomic mass is 16.1. The van der Waals surface area contributed by atoms with Gasteiger partial charge in [0.25, 0.3) is 0 Å². The number of rotatable bonds is 7. The standard InChI is InChI=1S/C21H23NO2/c1-22-14-18-5-2-3-8-19(18)21(24)12-11-20(23)17-10-9-15-6-4-7-16(15)13-17/h2-3,5,8-10,13,22H,4,6-7,11-12,14H2,1H3. The molecule has 3 heteroatoms. The third-order valence-corrected chi connectivity index (χ3v) is 4.68. The highest BCUT2D eigenvalue weighted by Gasteiger charge is 2.16. The Bertz CT molecular complexity index is 764. The van der Waals surface area contributed by atoms with Crippen molar-refractivity contribution in [2.75, 3.05) is 7.05 Å². The SMILES string of the molecule is CNCc1ccccc1C(=O)CCC(=O)c1ccc2c(c1)CCC2. The number of ketones is 2. The Hall–Kier alpha value is -2.26. The van der Waals surface area contributed by atoms with Crippen molar-refractivity contribution in [2.45, 2.75) is 38.6 Å². The summed E-state index contributed by atoms with van der Waals surface area (Å²) in [6.07, 6.45) is 3.88. The molecule has 0 heterocycles. The largest absolute Gasteiger partial charge is 0.316 e. The lowest BCUT2D eigenvalue weighted by molar-refractivity contribution is 0.0917. The van der Waals surface area contributed by atoms with E-state index in [2.05, 4.69) is 11.4 Å². The van der Waals surface area contributed by atoms with Gasteiger partial charge in [-0.15, -0.1) is 0 Å². The molecule has 24 heavy (non-hydrogen) atoms. The maximum absolute atomic E-state index is 12.5. The number of hydrogen-bond acceptors (Lipinski definition) is 3. The zero-order chi connectivity index (χ0) is 16.9. The lowest BCUT2D eigenvalue weighted by Gasteiger charge is -2.08. The summed E-state index contributed by atoms with van der Waals surface area (Å²) in [7, 11) is 1.86. The van der Waals surface area contributed by atoms with E-state index < -0.39 is 0 Å². The summed E-state index contributed by atoms with van der Waals surface area (Å²) in [6, 6.07) is 13.6. The molecule has 2 aromatic rings. The lowest BCUT2D eigenvalue weighted by atomic mass is 9.97. The molecule has 0 aliphatic heterocycles. The summed E-state index contributed by atoms with van der Waals surface area (Å²) in [5.41, 5.74) is 5.10. The molecule has 1 aliphatic rings. The minimum Gasteiger partial charge on any atom is -0.316 e.